The van der Waals surface area contributed by atoms with Crippen LogP contribution in [0.3, 0.4) is 0 Å². The molecule has 1 amide bonds. The molecule has 2 aliphatic rings. The van der Waals surface area contributed by atoms with E-state index in [0.717, 1.165) is 30.0 Å². The summed E-state index contributed by atoms with van der Waals surface area (Å²) in [6, 6.07) is 0. The van der Waals surface area contributed by atoms with E-state index >= 15 is 0 Å². The fourth-order valence-corrected chi connectivity index (χ4v) is 3.79. The average molecular weight is 324 g/mol. The van der Waals surface area contributed by atoms with Gasteiger partial charge in [-0.2, -0.15) is 0 Å². The minimum atomic E-state index is -0.504. The number of hydrogen-bond donors (Lipinski definition) is 0. The number of carbonyl (C=O) groups is 1. The largest absolute Gasteiger partial charge is 0.493 e. The maximum Gasteiger partial charge on any atom is 0.238 e. The summed E-state index contributed by atoms with van der Waals surface area (Å²) in [5.74, 6) is 1.10. The number of ether oxygens (including phenoxy) is 1. The van der Waals surface area contributed by atoms with Crippen molar-refractivity contribution in [2.75, 3.05) is 17.0 Å². The minimum Gasteiger partial charge on any atom is -0.493 e. The van der Waals surface area contributed by atoms with Crippen molar-refractivity contribution >= 4 is 27.5 Å². The topological polar surface area (TPSA) is 29.5 Å². The van der Waals surface area contributed by atoms with Crippen molar-refractivity contribution in [3.8, 4) is 5.75 Å². The Morgan fingerprint density at radius 2 is 2.00 bits per heavy atom. The molecule has 4 heteroatoms. The van der Waals surface area contributed by atoms with Gasteiger partial charge in [0.25, 0.3) is 0 Å². The minimum absolute atomic E-state index is 0.144. The molecule has 0 unspecified atom stereocenters. The van der Waals surface area contributed by atoms with Gasteiger partial charge in [0.05, 0.1) is 23.2 Å². The first-order valence-electron chi connectivity index (χ1n) is 6.58. The fourth-order valence-electron chi connectivity index (χ4n) is 3.31. The lowest BCUT2D eigenvalue weighted by Gasteiger charge is -2.20. The second kappa shape index (κ2) is 3.98. The Bertz CT molecular complexity index is 593. The molecule has 0 aromatic heterocycles. The molecule has 1 aromatic rings. The molecule has 0 fully saturated rings. The summed E-state index contributed by atoms with van der Waals surface area (Å²) in [5, 5.41) is 0. The molecule has 0 saturated carbocycles. The number of carbonyl (C=O) groups excluding carboxylic acids is 1. The van der Waals surface area contributed by atoms with Gasteiger partial charge in [-0.3, -0.25) is 4.79 Å². The zero-order chi connectivity index (χ0) is 13.9. The van der Waals surface area contributed by atoms with Crippen LogP contribution in [0.5, 0.6) is 5.75 Å². The van der Waals surface area contributed by atoms with Crippen LogP contribution >= 0.6 is 15.9 Å². The Kier molecular flexibility index (Phi) is 2.72. The number of anilines is 1. The maximum absolute atomic E-state index is 12.6. The van der Waals surface area contributed by atoms with Gasteiger partial charge in [0.2, 0.25) is 5.91 Å². The summed E-state index contributed by atoms with van der Waals surface area (Å²) in [6.07, 6.45) is 0.952. The Labute approximate surface area is 122 Å². The van der Waals surface area contributed by atoms with Crippen molar-refractivity contribution in [2.45, 2.75) is 39.5 Å². The van der Waals surface area contributed by atoms with E-state index in [9.17, 15) is 4.79 Å². The van der Waals surface area contributed by atoms with Crippen molar-refractivity contribution in [3.63, 3.8) is 0 Å². The molecule has 3 nitrogen and oxygen atoms in total. The third-order valence-electron chi connectivity index (χ3n) is 4.50. The molecule has 102 valence electrons. The van der Waals surface area contributed by atoms with Crippen LogP contribution in [0.2, 0.25) is 0 Å². The van der Waals surface area contributed by atoms with Crippen molar-refractivity contribution in [2.24, 2.45) is 0 Å². The van der Waals surface area contributed by atoms with Crippen LogP contribution in [0.15, 0.2) is 0 Å². The van der Waals surface area contributed by atoms with Crippen molar-refractivity contribution < 1.29 is 9.53 Å². The number of benzene rings is 1. The van der Waals surface area contributed by atoms with Gasteiger partial charge in [-0.1, -0.05) is 15.9 Å². The second-order valence-corrected chi connectivity index (χ2v) is 6.36. The molecule has 19 heavy (non-hydrogen) atoms. The van der Waals surface area contributed by atoms with Gasteiger partial charge < -0.3 is 9.64 Å². The molecule has 0 radical (unpaired) electrons. The van der Waals surface area contributed by atoms with E-state index in [1.165, 1.54) is 16.7 Å². The monoisotopic (exact) mass is 323 g/mol. The second-order valence-electron chi connectivity index (χ2n) is 5.86. The number of alkyl halides is 1. The Morgan fingerprint density at radius 1 is 1.32 bits per heavy atom. The van der Waals surface area contributed by atoms with E-state index in [2.05, 4.69) is 29.8 Å². The van der Waals surface area contributed by atoms with E-state index in [1.54, 1.807) is 0 Å². The highest BCUT2D eigenvalue weighted by molar-refractivity contribution is 9.09. The molecule has 0 saturated heterocycles. The lowest BCUT2D eigenvalue weighted by atomic mass is 9.82. The smallest absolute Gasteiger partial charge is 0.238 e. The first-order valence-corrected chi connectivity index (χ1v) is 7.70. The third kappa shape index (κ3) is 1.46. The van der Waals surface area contributed by atoms with Gasteiger partial charge in [-0.05, 0) is 38.8 Å². The third-order valence-corrected chi connectivity index (χ3v) is 5.00. The molecule has 2 heterocycles. The van der Waals surface area contributed by atoms with E-state index in [1.807, 2.05) is 18.7 Å². The average Bonchev–Trinajstić information content (AvgIpc) is 2.90. The first kappa shape index (κ1) is 13.0. The highest BCUT2D eigenvalue weighted by Gasteiger charge is 2.48. The van der Waals surface area contributed by atoms with Crippen LogP contribution in [0.1, 0.15) is 36.1 Å². The highest BCUT2D eigenvalue weighted by Crippen LogP contribution is 2.52. The number of fused-ring (bicyclic) bond motifs is 3. The summed E-state index contributed by atoms with van der Waals surface area (Å²) in [6.45, 7) is 8.95. The van der Waals surface area contributed by atoms with Crippen LogP contribution in [-0.4, -0.2) is 18.0 Å². The van der Waals surface area contributed by atoms with Gasteiger partial charge in [0.1, 0.15) is 5.75 Å². The predicted octanol–water partition coefficient (Wildman–Crippen LogP) is 3.21. The van der Waals surface area contributed by atoms with Crippen LogP contribution in [0.25, 0.3) is 0 Å². The van der Waals surface area contributed by atoms with Crippen LogP contribution in [0, 0.1) is 13.8 Å². The Hall–Kier alpha value is -1.03. The molecular formula is C15H18BrNO2. The molecule has 3 rings (SSSR count). The van der Waals surface area contributed by atoms with E-state index in [0.29, 0.717) is 5.45 Å². The summed E-state index contributed by atoms with van der Waals surface area (Å²) in [5.41, 5.74) is 5.91. The van der Waals surface area contributed by atoms with Crippen LogP contribution in [-0.2, 0) is 16.6 Å². The quantitative estimate of drug-likeness (QED) is 0.586. The molecule has 1 aromatic carbocycles. The molecule has 2 aliphatic heterocycles. The first-order chi connectivity index (χ1) is 8.91. The molecule has 0 atom stereocenters. The standard InChI is InChI=1S/C15H18BrNO2/c1-8-9(2)12-11(13-10(8)5-6-19-13)15(3,4)14(18)17(12)7-16/h5-7H2,1-4H3. The number of nitrogens with zero attached hydrogens (tertiary/aromatic N) is 1. The number of hydrogen-bond acceptors (Lipinski definition) is 2. The normalized spacial score (nSPS) is 19.4. The highest BCUT2D eigenvalue weighted by atomic mass is 79.9. The summed E-state index contributed by atoms with van der Waals surface area (Å²) in [7, 11) is 0. The molecular weight excluding hydrogens is 306 g/mol. The summed E-state index contributed by atoms with van der Waals surface area (Å²) >= 11 is 3.44. The van der Waals surface area contributed by atoms with Crippen molar-refractivity contribution in [1.29, 1.82) is 0 Å². The number of amides is 1. The zero-order valence-electron chi connectivity index (χ0n) is 11.8. The number of rotatable bonds is 1. The van der Waals surface area contributed by atoms with Crippen LogP contribution < -0.4 is 9.64 Å². The lowest BCUT2D eigenvalue weighted by Crippen LogP contribution is -2.35. The zero-order valence-corrected chi connectivity index (χ0v) is 13.3. The van der Waals surface area contributed by atoms with E-state index < -0.39 is 5.41 Å². The van der Waals surface area contributed by atoms with Crippen molar-refractivity contribution in [1.82, 2.24) is 0 Å². The van der Waals surface area contributed by atoms with E-state index in [4.69, 9.17) is 4.74 Å². The molecule has 0 bridgehead atoms. The van der Waals surface area contributed by atoms with Gasteiger partial charge in [-0.15, -0.1) is 0 Å². The summed E-state index contributed by atoms with van der Waals surface area (Å²) < 4.78 is 5.86. The summed E-state index contributed by atoms with van der Waals surface area (Å²) in [4.78, 5) is 14.5. The SMILES string of the molecule is Cc1c(C)c2c(c3c1CCO3)C(C)(C)C(=O)N2CBr. The fraction of sp³-hybridized carbons (Fsp3) is 0.533. The van der Waals surface area contributed by atoms with Gasteiger partial charge >= 0.3 is 0 Å². The van der Waals surface area contributed by atoms with Crippen molar-refractivity contribution in [3.05, 3.63) is 22.3 Å². The van der Waals surface area contributed by atoms with Gasteiger partial charge in [0.15, 0.2) is 0 Å². The lowest BCUT2D eigenvalue weighted by molar-refractivity contribution is -0.121. The number of halogens is 1. The Balaban J connectivity index is 2.40. The van der Waals surface area contributed by atoms with E-state index in [-0.39, 0.29) is 5.91 Å². The van der Waals surface area contributed by atoms with Gasteiger partial charge in [0, 0.05) is 17.5 Å². The predicted molar refractivity (Wildman–Crippen MR) is 79.4 cm³/mol. The van der Waals surface area contributed by atoms with Gasteiger partial charge in [-0.25, -0.2) is 0 Å². The van der Waals surface area contributed by atoms with Crippen LogP contribution in [0.4, 0.5) is 5.69 Å². The maximum atomic E-state index is 12.6. The molecule has 0 spiro atoms. The molecule has 0 aliphatic carbocycles. The molecule has 0 N–H and O–H groups in total. The Morgan fingerprint density at radius 3 is 2.63 bits per heavy atom.